The van der Waals surface area contributed by atoms with Crippen molar-refractivity contribution < 1.29 is 9.21 Å². The van der Waals surface area contributed by atoms with Crippen LogP contribution in [0, 0.1) is 0 Å². The molecule has 0 saturated carbocycles. The first-order valence-electron chi connectivity index (χ1n) is 9.73. The molecule has 150 valence electrons. The van der Waals surface area contributed by atoms with Crippen LogP contribution in [0.5, 0.6) is 0 Å². The Morgan fingerprint density at radius 3 is 2.39 bits per heavy atom. The van der Waals surface area contributed by atoms with Crippen molar-refractivity contribution in [2.45, 2.75) is 0 Å². The van der Waals surface area contributed by atoms with E-state index in [0.717, 1.165) is 10.8 Å². The van der Waals surface area contributed by atoms with Crippen LogP contribution >= 0.6 is 11.6 Å². The Morgan fingerprint density at radius 1 is 0.806 bits per heavy atom. The molecule has 5 aromatic rings. The molecule has 0 saturated heterocycles. The molecule has 31 heavy (non-hydrogen) atoms. The quantitative estimate of drug-likeness (QED) is 0.358. The molecule has 0 radical (unpaired) electrons. The fourth-order valence-electron chi connectivity index (χ4n) is 3.71. The number of carbonyl (C=O) groups is 1. The highest BCUT2D eigenvalue weighted by Crippen LogP contribution is 2.34. The first-order chi connectivity index (χ1) is 15.1. The lowest BCUT2D eigenvalue weighted by molar-refractivity contribution is 0.102. The average Bonchev–Trinajstić information content (AvgIpc) is 2.80. The fraction of sp³-hybridized carbons (Fsp3) is 0. The van der Waals surface area contributed by atoms with Gasteiger partial charge in [-0.05, 0) is 46.7 Å². The number of anilines is 1. The topological polar surface area (TPSA) is 59.3 Å². The molecule has 0 aliphatic rings. The summed E-state index contributed by atoms with van der Waals surface area (Å²) in [5, 5.41) is 5.45. The van der Waals surface area contributed by atoms with Gasteiger partial charge in [-0.15, -0.1) is 0 Å². The van der Waals surface area contributed by atoms with E-state index >= 15 is 0 Å². The molecule has 4 nitrogen and oxygen atoms in total. The highest BCUT2D eigenvalue weighted by atomic mass is 35.5. The number of hydrogen-bond donors (Lipinski definition) is 1. The minimum atomic E-state index is -0.362. The maximum Gasteiger partial charge on any atom is 0.257 e. The molecule has 0 aliphatic carbocycles. The lowest BCUT2D eigenvalue weighted by atomic mass is 9.97. The van der Waals surface area contributed by atoms with Crippen molar-refractivity contribution in [1.29, 1.82) is 0 Å². The normalized spacial score (nSPS) is 11.0. The van der Waals surface area contributed by atoms with E-state index in [1.807, 2.05) is 48.5 Å². The first-order valence-corrected chi connectivity index (χ1v) is 10.1. The van der Waals surface area contributed by atoms with Gasteiger partial charge in [0.25, 0.3) is 5.91 Å². The van der Waals surface area contributed by atoms with Crippen LogP contribution in [0.15, 0.2) is 100 Å². The second-order valence-corrected chi connectivity index (χ2v) is 7.56. The molecule has 0 spiro atoms. The van der Waals surface area contributed by atoms with Gasteiger partial charge in [0.1, 0.15) is 5.58 Å². The zero-order valence-electron chi connectivity index (χ0n) is 16.3. The number of rotatable bonds is 3. The van der Waals surface area contributed by atoms with Crippen molar-refractivity contribution in [2.75, 3.05) is 5.32 Å². The van der Waals surface area contributed by atoms with E-state index in [1.54, 1.807) is 42.5 Å². The van der Waals surface area contributed by atoms with Crippen LogP contribution in [0.3, 0.4) is 0 Å². The molecule has 4 aromatic carbocycles. The molecular formula is C26H16ClNO3. The number of nitrogens with one attached hydrogen (secondary N) is 1. The van der Waals surface area contributed by atoms with E-state index in [9.17, 15) is 9.59 Å². The van der Waals surface area contributed by atoms with E-state index in [0.29, 0.717) is 27.1 Å². The Balaban J connectivity index is 1.79. The van der Waals surface area contributed by atoms with Gasteiger partial charge in [-0.1, -0.05) is 72.3 Å². The molecule has 0 fully saturated rings. The van der Waals surface area contributed by atoms with E-state index in [2.05, 4.69) is 5.32 Å². The van der Waals surface area contributed by atoms with Gasteiger partial charge in [0.15, 0.2) is 0 Å². The van der Waals surface area contributed by atoms with Crippen molar-refractivity contribution in [3.8, 4) is 11.1 Å². The highest BCUT2D eigenvalue weighted by molar-refractivity contribution is 6.31. The summed E-state index contributed by atoms with van der Waals surface area (Å²) < 4.78 is 6.03. The molecule has 5 rings (SSSR count). The number of hydrogen-bond acceptors (Lipinski definition) is 3. The van der Waals surface area contributed by atoms with Crippen molar-refractivity contribution in [3.63, 3.8) is 0 Å². The molecular weight excluding hydrogens is 410 g/mol. The third kappa shape index (κ3) is 3.47. The van der Waals surface area contributed by atoms with Crippen LogP contribution in [-0.4, -0.2) is 5.91 Å². The van der Waals surface area contributed by atoms with Gasteiger partial charge in [-0.3, -0.25) is 14.9 Å². The number of carbonyl (C=O) groups excluding carboxylic acids is 1. The molecule has 0 atom stereocenters. The smallest absolute Gasteiger partial charge is 0.257 e. The average molecular weight is 426 g/mol. The van der Waals surface area contributed by atoms with E-state index in [-0.39, 0.29) is 22.8 Å². The summed E-state index contributed by atoms with van der Waals surface area (Å²) >= 11 is 6.14. The van der Waals surface area contributed by atoms with Crippen LogP contribution in [0.25, 0.3) is 32.9 Å². The second kappa shape index (κ2) is 7.74. The Kier molecular flexibility index (Phi) is 4.77. The summed E-state index contributed by atoms with van der Waals surface area (Å²) in [5.74, 6) is -0.261. The molecule has 0 unspecified atom stereocenters. The van der Waals surface area contributed by atoms with Gasteiger partial charge < -0.3 is 4.42 Å². The maximum absolute atomic E-state index is 13.6. The molecule has 5 heteroatoms. The predicted octanol–water partition coefficient (Wildman–Crippen LogP) is 6.52. The highest BCUT2D eigenvalue weighted by Gasteiger charge is 2.20. The van der Waals surface area contributed by atoms with Crippen LogP contribution in [0.2, 0.25) is 5.02 Å². The first kappa shape index (κ1) is 19.1. The molecule has 1 amide bonds. The van der Waals surface area contributed by atoms with Crippen LogP contribution in [0.1, 0.15) is 10.4 Å². The number of benzene rings is 4. The summed E-state index contributed by atoms with van der Waals surface area (Å²) in [7, 11) is 0. The minimum Gasteiger partial charge on any atom is -0.439 e. The van der Waals surface area contributed by atoms with Crippen LogP contribution < -0.4 is 10.7 Å². The molecule has 1 heterocycles. The van der Waals surface area contributed by atoms with Gasteiger partial charge in [0.2, 0.25) is 11.3 Å². The van der Waals surface area contributed by atoms with Crippen molar-refractivity contribution in [2.24, 2.45) is 0 Å². The third-order valence-corrected chi connectivity index (χ3v) is 5.41. The Bertz CT molecular complexity index is 1500. The zero-order chi connectivity index (χ0) is 21.4. The van der Waals surface area contributed by atoms with Gasteiger partial charge in [0, 0.05) is 10.6 Å². The SMILES string of the molecule is O=C(Nc1oc2ccc(Cl)cc2c(=O)c1-c1cccc2ccccc12)c1ccccc1. The number of amides is 1. The molecule has 0 bridgehead atoms. The summed E-state index contributed by atoms with van der Waals surface area (Å²) in [5.41, 5.74) is 1.52. The Labute approximate surface area is 182 Å². The fourth-order valence-corrected chi connectivity index (χ4v) is 3.88. The standard InChI is InChI=1S/C26H16ClNO3/c27-18-13-14-22-21(15-18)24(29)23(20-12-6-10-16-7-4-5-11-19(16)20)26(31-22)28-25(30)17-8-2-1-3-9-17/h1-15H,(H,28,30). The van der Waals surface area contributed by atoms with Crippen LogP contribution in [-0.2, 0) is 0 Å². The predicted molar refractivity (Wildman–Crippen MR) is 125 cm³/mol. The van der Waals surface area contributed by atoms with E-state index in [4.69, 9.17) is 16.0 Å². The molecule has 0 aliphatic heterocycles. The lowest BCUT2D eigenvalue weighted by Crippen LogP contribution is -2.16. The second-order valence-electron chi connectivity index (χ2n) is 7.12. The summed E-state index contributed by atoms with van der Waals surface area (Å²) in [4.78, 5) is 26.5. The van der Waals surface area contributed by atoms with Crippen molar-refractivity contribution in [3.05, 3.63) is 112 Å². The van der Waals surface area contributed by atoms with Crippen molar-refractivity contribution in [1.82, 2.24) is 0 Å². The van der Waals surface area contributed by atoms with Gasteiger partial charge >= 0.3 is 0 Å². The van der Waals surface area contributed by atoms with Crippen LogP contribution in [0.4, 0.5) is 5.88 Å². The van der Waals surface area contributed by atoms with Gasteiger partial charge in [0.05, 0.1) is 10.9 Å². The summed E-state index contributed by atoms with van der Waals surface area (Å²) in [6, 6.07) is 27.1. The zero-order valence-corrected chi connectivity index (χ0v) is 17.0. The molecule has 1 aromatic heterocycles. The van der Waals surface area contributed by atoms with E-state index < -0.39 is 0 Å². The summed E-state index contributed by atoms with van der Waals surface area (Å²) in [6.07, 6.45) is 0. The van der Waals surface area contributed by atoms with Crippen molar-refractivity contribution >= 4 is 45.1 Å². The molecule has 1 N–H and O–H groups in total. The number of fused-ring (bicyclic) bond motifs is 2. The van der Waals surface area contributed by atoms with E-state index in [1.165, 1.54) is 0 Å². The lowest BCUT2D eigenvalue weighted by Gasteiger charge is -2.13. The minimum absolute atomic E-state index is 0.102. The number of halogens is 1. The van der Waals surface area contributed by atoms with Gasteiger partial charge in [-0.25, -0.2) is 0 Å². The summed E-state index contributed by atoms with van der Waals surface area (Å²) in [6.45, 7) is 0. The largest absolute Gasteiger partial charge is 0.439 e. The maximum atomic E-state index is 13.6. The monoisotopic (exact) mass is 425 g/mol. The van der Waals surface area contributed by atoms with Gasteiger partial charge in [-0.2, -0.15) is 0 Å². The Hall–Kier alpha value is -3.89. The Morgan fingerprint density at radius 2 is 1.55 bits per heavy atom. The third-order valence-electron chi connectivity index (χ3n) is 5.17.